The van der Waals surface area contributed by atoms with E-state index in [2.05, 4.69) is 4.98 Å². The van der Waals surface area contributed by atoms with E-state index in [0.717, 1.165) is 16.3 Å². The van der Waals surface area contributed by atoms with E-state index in [1.54, 1.807) is 12.4 Å². The second kappa shape index (κ2) is 3.69. The fraction of sp³-hybridized carbons (Fsp3) is 0.167. The largest absolute Gasteiger partial charge is 0.369 e. The van der Waals surface area contributed by atoms with Crippen LogP contribution in [0.2, 0.25) is 0 Å². The Bertz CT molecular complexity index is 520. The minimum absolute atomic E-state index is 0.266. The molecule has 0 aliphatic heterocycles. The van der Waals surface area contributed by atoms with Gasteiger partial charge in [-0.05, 0) is 29.5 Å². The second-order valence-electron chi connectivity index (χ2n) is 3.61. The monoisotopic (exact) mass is 200 g/mol. The molecule has 2 N–H and O–H groups in total. The predicted molar refractivity (Wildman–Crippen MR) is 59.4 cm³/mol. The fourth-order valence-corrected chi connectivity index (χ4v) is 1.74. The van der Waals surface area contributed by atoms with Crippen LogP contribution in [-0.4, -0.2) is 10.9 Å². The van der Waals surface area contributed by atoms with Crippen LogP contribution in [0.25, 0.3) is 10.8 Å². The second-order valence-corrected chi connectivity index (χ2v) is 3.61. The number of amides is 1. The molecule has 0 saturated carbocycles. The molecule has 3 heteroatoms. The molecule has 2 rings (SSSR count). The minimum atomic E-state index is -0.316. The molecular formula is C12H12N2O. The van der Waals surface area contributed by atoms with Crippen LogP contribution < -0.4 is 5.73 Å². The third-order valence-corrected chi connectivity index (χ3v) is 2.49. The molecule has 15 heavy (non-hydrogen) atoms. The molecule has 1 heterocycles. The van der Waals surface area contributed by atoms with Gasteiger partial charge >= 0.3 is 0 Å². The summed E-state index contributed by atoms with van der Waals surface area (Å²) >= 11 is 0. The van der Waals surface area contributed by atoms with E-state index < -0.39 is 0 Å². The molecule has 0 atom stereocenters. The van der Waals surface area contributed by atoms with Gasteiger partial charge in [-0.2, -0.15) is 0 Å². The van der Waals surface area contributed by atoms with Gasteiger partial charge in [0.1, 0.15) is 0 Å². The fourth-order valence-electron chi connectivity index (χ4n) is 1.74. The number of benzene rings is 1. The van der Waals surface area contributed by atoms with E-state index in [-0.39, 0.29) is 12.3 Å². The summed E-state index contributed by atoms with van der Waals surface area (Å²) in [7, 11) is 0. The molecule has 0 aliphatic carbocycles. The van der Waals surface area contributed by atoms with Gasteiger partial charge in [-0.25, -0.2) is 0 Å². The van der Waals surface area contributed by atoms with Crippen molar-refractivity contribution < 1.29 is 4.79 Å². The molecule has 1 aromatic heterocycles. The molecule has 3 nitrogen and oxygen atoms in total. The van der Waals surface area contributed by atoms with Gasteiger partial charge in [0.15, 0.2) is 0 Å². The summed E-state index contributed by atoms with van der Waals surface area (Å²) in [6, 6.07) is 5.89. The molecule has 0 aliphatic rings. The lowest BCUT2D eigenvalue weighted by atomic mass is 10.0. The summed E-state index contributed by atoms with van der Waals surface area (Å²) in [6.07, 6.45) is 3.80. The number of hydrogen-bond donors (Lipinski definition) is 1. The van der Waals surface area contributed by atoms with Crippen LogP contribution in [0.3, 0.4) is 0 Å². The molecule has 76 valence electrons. The van der Waals surface area contributed by atoms with Gasteiger partial charge in [-0.3, -0.25) is 9.78 Å². The maximum atomic E-state index is 10.9. The number of hydrogen-bond acceptors (Lipinski definition) is 2. The summed E-state index contributed by atoms with van der Waals surface area (Å²) < 4.78 is 0. The summed E-state index contributed by atoms with van der Waals surface area (Å²) in [5.74, 6) is -0.316. The molecule has 0 radical (unpaired) electrons. The standard InChI is InChI=1S/C12H12N2O/c1-8-2-3-9(6-12(13)15)11-7-14-5-4-10(8)11/h2-5,7H,6H2,1H3,(H2,13,15). The number of nitrogens with two attached hydrogens (primary N) is 1. The molecule has 0 bridgehead atoms. The van der Waals surface area contributed by atoms with E-state index >= 15 is 0 Å². The maximum absolute atomic E-state index is 10.9. The van der Waals surface area contributed by atoms with Crippen molar-refractivity contribution in [1.29, 1.82) is 0 Å². The third kappa shape index (κ3) is 1.81. The van der Waals surface area contributed by atoms with Gasteiger partial charge in [0.05, 0.1) is 6.42 Å². The number of rotatable bonds is 2. The smallest absolute Gasteiger partial charge is 0.221 e. The van der Waals surface area contributed by atoms with E-state index in [9.17, 15) is 4.79 Å². The van der Waals surface area contributed by atoms with Crippen molar-refractivity contribution >= 4 is 16.7 Å². The number of pyridine rings is 1. The van der Waals surface area contributed by atoms with E-state index in [0.29, 0.717) is 0 Å². The summed E-state index contributed by atoms with van der Waals surface area (Å²) in [5.41, 5.74) is 7.32. The highest BCUT2D eigenvalue weighted by Crippen LogP contribution is 2.21. The molecule has 2 aromatic rings. The number of primary amides is 1. The van der Waals surface area contributed by atoms with Gasteiger partial charge in [0.2, 0.25) is 5.91 Å². The number of carbonyl (C=O) groups is 1. The lowest BCUT2D eigenvalue weighted by Gasteiger charge is -2.06. The lowest BCUT2D eigenvalue weighted by Crippen LogP contribution is -2.13. The highest BCUT2D eigenvalue weighted by Gasteiger charge is 2.05. The Morgan fingerprint density at radius 1 is 1.33 bits per heavy atom. The van der Waals surface area contributed by atoms with Gasteiger partial charge in [0, 0.05) is 17.8 Å². The van der Waals surface area contributed by atoms with Crippen molar-refractivity contribution in [2.45, 2.75) is 13.3 Å². The summed E-state index contributed by atoms with van der Waals surface area (Å²) in [6.45, 7) is 2.04. The number of nitrogens with zero attached hydrogens (tertiary/aromatic N) is 1. The molecule has 0 unspecified atom stereocenters. The Morgan fingerprint density at radius 2 is 2.13 bits per heavy atom. The average molecular weight is 200 g/mol. The first kappa shape index (κ1) is 9.65. The van der Waals surface area contributed by atoms with E-state index in [1.165, 1.54) is 5.56 Å². The van der Waals surface area contributed by atoms with Crippen LogP contribution in [0, 0.1) is 6.92 Å². The summed E-state index contributed by atoms with van der Waals surface area (Å²) in [5, 5.41) is 2.14. The maximum Gasteiger partial charge on any atom is 0.221 e. The molecule has 0 fully saturated rings. The molecule has 1 amide bonds. The van der Waals surface area contributed by atoms with Gasteiger partial charge in [-0.1, -0.05) is 12.1 Å². The Labute approximate surface area is 87.9 Å². The van der Waals surface area contributed by atoms with Crippen molar-refractivity contribution in [1.82, 2.24) is 4.98 Å². The minimum Gasteiger partial charge on any atom is -0.369 e. The zero-order chi connectivity index (χ0) is 10.8. The van der Waals surface area contributed by atoms with Gasteiger partial charge < -0.3 is 5.73 Å². The number of fused-ring (bicyclic) bond motifs is 1. The SMILES string of the molecule is Cc1ccc(CC(N)=O)c2cnccc12. The highest BCUT2D eigenvalue weighted by molar-refractivity contribution is 5.91. The number of aryl methyl sites for hydroxylation is 1. The highest BCUT2D eigenvalue weighted by atomic mass is 16.1. The Balaban J connectivity index is 2.66. The first-order valence-electron chi connectivity index (χ1n) is 4.79. The van der Waals surface area contributed by atoms with E-state index in [4.69, 9.17) is 5.73 Å². The van der Waals surface area contributed by atoms with Crippen molar-refractivity contribution in [3.63, 3.8) is 0 Å². The first-order valence-corrected chi connectivity index (χ1v) is 4.79. The molecule has 0 spiro atoms. The van der Waals surface area contributed by atoms with Crippen LogP contribution >= 0.6 is 0 Å². The molecule has 1 aromatic carbocycles. The van der Waals surface area contributed by atoms with Crippen LogP contribution in [0.15, 0.2) is 30.6 Å². The van der Waals surface area contributed by atoms with Crippen LogP contribution in [0.1, 0.15) is 11.1 Å². The van der Waals surface area contributed by atoms with Crippen molar-refractivity contribution in [3.8, 4) is 0 Å². The Morgan fingerprint density at radius 3 is 2.87 bits per heavy atom. The van der Waals surface area contributed by atoms with Crippen LogP contribution in [0.5, 0.6) is 0 Å². The summed E-state index contributed by atoms with van der Waals surface area (Å²) in [4.78, 5) is 15.0. The van der Waals surface area contributed by atoms with Crippen molar-refractivity contribution in [2.24, 2.45) is 5.73 Å². The Kier molecular flexibility index (Phi) is 2.37. The topological polar surface area (TPSA) is 56.0 Å². The van der Waals surface area contributed by atoms with Gasteiger partial charge in [0.25, 0.3) is 0 Å². The van der Waals surface area contributed by atoms with E-state index in [1.807, 2.05) is 25.1 Å². The van der Waals surface area contributed by atoms with Crippen LogP contribution in [0.4, 0.5) is 0 Å². The Hall–Kier alpha value is -1.90. The molecular weight excluding hydrogens is 188 g/mol. The molecule has 0 saturated heterocycles. The third-order valence-electron chi connectivity index (χ3n) is 2.49. The van der Waals surface area contributed by atoms with Crippen LogP contribution in [-0.2, 0) is 11.2 Å². The first-order chi connectivity index (χ1) is 7.18. The quantitative estimate of drug-likeness (QED) is 0.800. The zero-order valence-electron chi connectivity index (χ0n) is 8.53. The van der Waals surface area contributed by atoms with Crippen molar-refractivity contribution in [3.05, 3.63) is 41.7 Å². The van der Waals surface area contributed by atoms with Gasteiger partial charge in [-0.15, -0.1) is 0 Å². The lowest BCUT2D eigenvalue weighted by molar-refractivity contribution is -0.117. The van der Waals surface area contributed by atoms with Crippen molar-refractivity contribution in [2.75, 3.05) is 0 Å². The number of aromatic nitrogens is 1. The predicted octanol–water partition coefficient (Wildman–Crippen LogP) is 1.57. The number of carbonyl (C=O) groups excluding carboxylic acids is 1. The average Bonchev–Trinajstić information content (AvgIpc) is 2.22. The zero-order valence-corrected chi connectivity index (χ0v) is 8.53. The normalized spacial score (nSPS) is 10.5.